The Labute approximate surface area is 224 Å². The average molecular weight is 618 g/mol. The Hall–Kier alpha value is -3.45. The van der Waals surface area contributed by atoms with E-state index < -0.39 is 6.09 Å². The SMILES string of the molecule is Nc1ncc(I)c2c1c(-c1ccc(C(=O)Nc3ccccn3)cc1Cl)nn2[C@@H]1CCCN(C(=O)O)C1. The van der Waals surface area contributed by atoms with Crippen LogP contribution in [0.15, 0.2) is 48.8 Å². The highest BCUT2D eigenvalue weighted by Gasteiger charge is 2.29. The van der Waals surface area contributed by atoms with Gasteiger partial charge in [0.15, 0.2) is 0 Å². The molecule has 0 unspecified atom stereocenters. The number of carboxylic acid groups (broad SMARTS) is 1. The van der Waals surface area contributed by atoms with Gasteiger partial charge in [0.05, 0.1) is 25.5 Å². The molecule has 12 heteroatoms. The second-order valence-electron chi connectivity index (χ2n) is 8.40. The van der Waals surface area contributed by atoms with Gasteiger partial charge < -0.3 is 21.1 Å². The third kappa shape index (κ3) is 4.55. The quantitative estimate of drug-likeness (QED) is 0.277. The molecule has 10 nitrogen and oxygen atoms in total. The maximum absolute atomic E-state index is 12.7. The lowest BCUT2D eigenvalue weighted by Gasteiger charge is -2.31. The van der Waals surface area contributed by atoms with Crippen molar-refractivity contribution in [3.63, 3.8) is 0 Å². The van der Waals surface area contributed by atoms with E-state index in [1.807, 2.05) is 4.68 Å². The number of nitrogen functional groups attached to an aromatic ring is 1. The summed E-state index contributed by atoms with van der Waals surface area (Å²) in [6.45, 7) is 0.816. The molecule has 4 aromatic rings. The maximum atomic E-state index is 12.7. The van der Waals surface area contributed by atoms with Crippen molar-refractivity contribution < 1.29 is 14.7 Å². The minimum Gasteiger partial charge on any atom is -0.465 e. The highest BCUT2D eigenvalue weighted by atomic mass is 127. The Morgan fingerprint density at radius 1 is 1.22 bits per heavy atom. The second kappa shape index (κ2) is 9.90. The zero-order valence-corrected chi connectivity index (χ0v) is 21.8. The van der Waals surface area contributed by atoms with Crippen molar-refractivity contribution in [3.8, 4) is 11.3 Å². The standard InChI is InChI=1S/C24H21ClIN7O3/c25-16-10-13(23(34)30-18-5-1-2-8-28-18)6-7-15(16)20-19-21(17(26)11-29-22(19)27)33(31-20)14-4-3-9-32(12-14)24(35)36/h1-2,5-8,10-11,14H,3-4,9,12H2,(H2,27,29)(H,35,36)(H,28,30,34)/t14-/m1/s1. The van der Waals surface area contributed by atoms with E-state index in [1.165, 1.54) is 4.90 Å². The monoisotopic (exact) mass is 617 g/mol. The molecule has 1 fully saturated rings. The fraction of sp³-hybridized carbons (Fsp3) is 0.208. The molecule has 2 amide bonds. The van der Waals surface area contributed by atoms with E-state index in [4.69, 9.17) is 22.4 Å². The van der Waals surface area contributed by atoms with Gasteiger partial charge >= 0.3 is 6.09 Å². The average Bonchev–Trinajstić information content (AvgIpc) is 3.28. The lowest BCUT2D eigenvalue weighted by Crippen LogP contribution is -2.40. The molecule has 184 valence electrons. The lowest BCUT2D eigenvalue weighted by atomic mass is 10.0. The molecule has 36 heavy (non-hydrogen) atoms. The summed E-state index contributed by atoms with van der Waals surface area (Å²) in [5, 5.41) is 18.1. The van der Waals surface area contributed by atoms with Crippen molar-refractivity contribution in [2.75, 3.05) is 24.1 Å². The van der Waals surface area contributed by atoms with E-state index >= 15 is 0 Å². The zero-order valence-electron chi connectivity index (χ0n) is 18.9. The Morgan fingerprint density at radius 2 is 2.06 bits per heavy atom. The third-order valence-corrected chi connectivity index (χ3v) is 7.22. The number of nitrogens with zero attached hydrogens (tertiary/aromatic N) is 5. The normalized spacial score (nSPS) is 15.7. The van der Waals surface area contributed by atoms with Crippen LogP contribution in [0.5, 0.6) is 0 Å². The largest absolute Gasteiger partial charge is 0.465 e. The van der Waals surface area contributed by atoms with Crippen LogP contribution in [0.4, 0.5) is 16.4 Å². The molecule has 1 saturated heterocycles. The number of nitrogens with two attached hydrogens (primary N) is 1. The van der Waals surface area contributed by atoms with Gasteiger partial charge in [0.2, 0.25) is 0 Å². The number of fused-ring (bicyclic) bond motifs is 1. The molecule has 1 atom stereocenters. The number of piperidine rings is 1. The molecule has 0 spiro atoms. The van der Waals surface area contributed by atoms with Gasteiger partial charge in [-0.1, -0.05) is 23.7 Å². The van der Waals surface area contributed by atoms with Crippen molar-refractivity contribution in [2.45, 2.75) is 18.9 Å². The number of benzene rings is 1. The summed E-state index contributed by atoms with van der Waals surface area (Å²) < 4.78 is 2.68. The summed E-state index contributed by atoms with van der Waals surface area (Å²) in [5.41, 5.74) is 8.58. The molecule has 1 aliphatic rings. The highest BCUT2D eigenvalue weighted by Crippen LogP contribution is 2.39. The van der Waals surface area contributed by atoms with Crippen LogP contribution in [0.1, 0.15) is 29.2 Å². The van der Waals surface area contributed by atoms with Crippen molar-refractivity contribution in [3.05, 3.63) is 62.9 Å². The van der Waals surface area contributed by atoms with E-state index in [9.17, 15) is 14.7 Å². The molecule has 0 bridgehead atoms. The van der Waals surface area contributed by atoms with Crippen LogP contribution < -0.4 is 11.1 Å². The predicted octanol–water partition coefficient (Wildman–Crippen LogP) is 4.90. The van der Waals surface area contributed by atoms with E-state index in [-0.39, 0.29) is 11.9 Å². The fourth-order valence-corrected chi connectivity index (χ4v) is 5.34. The molecular weight excluding hydrogens is 597 g/mol. The van der Waals surface area contributed by atoms with Crippen molar-refractivity contribution >= 4 is 68.7 Å². The first-order valence-electron chi connectivity index (χ1n) is 11.2. The number of nitrogens with one attached hydrogen (secondary N) is 1. The molecule has 4 heterocycles. The molecule has 0 aliphatic carbocycles. The number of hydrogen-bond acceptors (Lipinski definition) is 6. The summed E-state index contributed by atoms with van der Waals surface area (Å²) in [7, 11) is 0. The van der Waals surface area contributed by atoms with Crippen LogP contribution in [0.2, 0.25) is 5.02 Å². The van der Waals surface area contributed by atoms with Gasteiger partial charge in [0.25, 0.3) is 5.91 Å². The maximum Gasteiger partial charge on any atom is 0.407 e. The second-order valence-corrected chi connectivity index (χ2v) is 9.97. The number of aromatic nitrogens is 4. The molecule has 1 aliphatic heterocycles. The van der Waals surface area contributed by atoms with Crippen LogP contribution in [-0.4, -0.2) is 54.8 Å². The number of carbonyl (C=O) groups excluding carboxylic acids is 1. The van der Waals surface area contributed by atoms with Gasteiger partial charge in [-0.05, 0) is 59.7 Å². The first-order chi connectivity index (χ1) is 17.3. The lowest BCUT2D eigenvalue weighted by molar-refractivity contribution is 0.102. The Balaban J connectivity index is 1.56. The topological polar surface area (TPSA) is 139 Å². The molecule has 1 aromatic carbocycles. The van der Waals surface area contributed by atoms with Crippen LogP contribution >= 0.6 is 34.2 Å². The van der Waals surface area contributed by atoms with Gasteiger partial charge in [-0.25, -0.2) is 14.8 Å². The Bertz CT molecular complexity index is 1480. The summed E-state index contributed by atoms with van der Waals surface area (Å²) >= 11 is 8.85. The predicted molar refractivity (Wildman–Crippen MR) is 145 cm³/mol. The van der Waals surface area contributed by atoms with Crippen molar-refractivity contribution in [2.24, 2.45) is 0 Å². The van der Waals surface area contributed by atoms with Gasteiger partial charge in [-0.2, -0.15) is 5.10 Å². The number of rotatable bonds is 4. The molecule has 5 rings (SSSR count). The minimum absolute atomic E-state index is 0.163. The van der Waals surface area contributed by atoms with Gasteiger partial charge in [-0.3, -0.25) is 9.48 Å². The number of amides is 2. The number of carbonyl (C=O) groups is 2. The smallest absolute Gasteiger partial charge is 0.407 e. The number of hydrogen-bond donors (Lipinski definition) is 3. The molecule has 3 aromatic heterocycles. The zero-order chi connectivity index (χ0) is 25.4. The number of anilines is 2. The van der Waals surface area contributed by atoms with Gasteiger partial charge in [0, 0.05) is 36.6 Å². The summed E-state index contributed by atoms with van der Waals surface area (Å²) in [6, 6.07) is 10.0. The number of pyridine rings is 2. The molecular formula is C24H21ClIN7O3. The van der Waals surface area contributed by atoms with Crippen LogP contribution in [-0.2, 0) is 0 Å². The van der Waals surface area contributed by atoms with E-state index in [2.05, 4.69) is 37.9 Å². The van der Waals surface area contributed by atoms with Crippen LogP contribution in [0.25, 0.3) is 22.2 Å². The van der Waals surface area contributed by atoms with Crippen LogP contribution in [0.3, 0.4) is 0 Å². The summed E-state index contributed by atoms with van der Waals surface area (Å²) in [5.74, 6) is 0.388. The highest BCUT2D eigenvalue weighted by molar-refractivity contribution is 14.1. The van der Waals surface area contributed by atoms with Crippen molar-refractivity contribution in [1.29, 1.82) is 0 Å². The van der Waals surface area contributed by atoms with E-state index in [0.717, 1.165) is 21.9 Å². The van der Waals surface area contributed by atoms with Crippen LogP contribution in [0, 0.1) is 3.57 Å². The number of halogens is 2. The first-order valence-corrected chi connectivity index (χ1v) is 12.6. The fourth-order valence-electron chi connectivity index (χ4n) is 4.41. The minimum atomic E-state index is -0.949. The third-order valence-electron chi connectivity index (χ3n) is 6.12. The van der Waals surface area contributed by atoms with Gasteiger partial charge in [0.1, 0.15) is 17.3 Å². The Kier molecular flexibility index (Phi) is 6.67. The summed E-state index contributed by atoms with van der Waals surface area (Å²) in [4.78, 5) is 34.1. The molecule has 0 saturated carbocycles. The Morgan fingerprint density at radius 3 is 2.78 bits per heavy atom. The van der Waals surface area contributed by atoms with E-state index in [1.54, 1.807) is 48.8 Å². The summed E-state index contributed by atoms with van der Waals surface area (Å²) in [6.07, 6.45) is 3.82. The van der Waals surface area contributed by atoms with Gasteiger partial charge in [-0.15, -0.1) is 0 Å². The van der Waals surface area contributed by atoms with Crippen molar-refractivity contribution in [1.82, 2.24) is 24.6 Å². The molecule has 4 N–H and O–H groups in total. The first kappa shape index (κ1) is 24.3. The number of likely N-dealkylation sites (tertiary alicyclic amines) is 1. The van der Waals surface area contributed by atoms with E-state index in [0.29, 0.717) is 52.0 Å². The molecule has 0 radical (unpaired) electrons.